The predicted molar refractivity (Wildman–Crippen MR) is 103 cm³/mol. The molecule has 2 rings (SSSR count). The van der Waals surface area contributed by atoms with Gasteiger partial charge >= 0.3 is 6.18 Å². The number of hydrogen-bond acceptors (Lipinski definition) is 3. The average Bonchev–Trinajstić information content (AvgIpc) is 2.59. The molecule has 0 aliphatic carbocycles. The summed E-state index contributed by atoms with van der Waals surface area (Å²) in [4.78, 5) is 4.66. The molecule has 1 N–H and O–H groups in total. The predicted octanol–water partition coefficient (Wildman–Crippen LogP) is 4.20. The van der Waals surface area contributed by atoms with Crippen LogP contribution in [0.2, 0.25) is 0 Å². The normalized spacial score (nSPS) is 22.4. The minimum atomic E-state index is -4.31. The average molecular weight is 387 g/mol. The SMILES string of the molecule is CN(CCO)[C@@]1(CCc2cccc(C(F)(F)F)c2)CCCN(C(C)(C)C)C1. The number of aliphatic hydroxyl groups is 1. The lowest BCUT2D eigenvalue weighted by atomic mass is 9.80. The number of aryl methyl sites for hydroxylation is 1. The first-order valence-corrected chi connectivity index (χ1v) is 9.71. The van der Waals surface area contributed by atoms with Crippen LogP contribution in [0.15, 0.2) is 24.3 Å². The third-order valence-corrected chi connectivity index (χ3v) is 5.88. The standard InChI is InChI=1S/C21H33F3N2O/c1-19(2,3)26-12-6-10-20(16-26,25(4)13-14-27)11-9-17-7-5-8-18(15-17)21(22,23)24/h5,7-8,15,27H,6,9-14,16H2,1-4H3/t20-/m1/s1. The Morgan fingerprint density at radius 1 is 1.22 bits per heavy atom. The summed E-state index contributed by atoms with van der Waals surface area (Å²) in [5.41, 5.74) is 0.0388. The maximum absolute atomic E-state index is 13.0. The molecule has 1 saturated heterocycles. The lowest BCUT2D eigenvalue weighted by Crippen LogP contribution is -2.61. The van der Waals surface area contributed by atoms with Gasteiger partial charge in [0.05, 0.1) is 12.2 Å². The molecule has 1 aromatic carbocycles. The van der Waals surface area contributed by atoms with Crippen LogP contribution in [0.3, 0.4) is 0 Å². The monoisotopic (exact) mass is 386 g/mol. The van der Waals surface area contributed by atoms with Gasteiger partial charge in [0.1, 0.15) is 0 Å². The summed E-state index contributed by atoms with van der Waals surface area (Å²) in [5.74, 6) is 0. The highest BCUT2D eigenvalue weighted by Crippen LogP contribution is 2.35. The van der Waals surface area contributed by atoms with Crippen LogP contribution in [-0.4, -0.2) is 59.3 Å². The smallest absolute Gasteiger partial charge is 0.395 e. The van der Waals surface area contributed by atoms with E-state index in [0.717, 1.165) is 44.0 Å². The number of likely N-dealkylation sites (N-methyl/N-ethyl adjacent to an activating group) is 1. The molecule has 154 valence electrons. The van der Waals surface area contributed by atoms with Crippen molar-refractivity contribution in [3.05, 3.63) is 35.4 Å². The molecular formula is C21H33F3N2O. The summed E-state index contributed by atoms with van der Waals surface area (Å²) >= 11 is 0. The van der Waals surface area contributed by atoms with E-state index < -0.39 is 11.7 Å². The van der Waals surface area contributed by atoms with Crippen molar-refractivity contribution in [2.24, 2.45) is 0 Å². The van der Waals surface area contributed by atoms with Crippen LogP contribution in [0.25, 0.3) is 0 Å². The van der Waals surface area contributed by atoms with E-state index in [-0.39, 0.29) is 17.7 Å². The van der Waals surface area contributed by atoms with Gasteiger partial charge in [-0.2, -0.15) is 13.2 Å². The van der Waals surface area contributed by atoms with Crippen molar-refractivity contribution < 1.29 is 18.3 Å². The molecule has 1 atom stereocenters. The fourth-order valence-electron chi connectivity index (χ4n) is 4.06. The molecule has 0 aromatic heterocycles. The molecule has 1 aromatic rings. The minimum Gasteiger partial charge on any atom is -0.395 e. The summed E-state index contributed by atoms with van der Waals surface area (Å²) in [6.07, 6.45) is -0.894. The van der Waals surface area contributed by atoms with Crippen LogP contribution >= 0.6 is 0 Å². The summed E-state index contributed by atoms with van der Waals surface area (Å²) in [6, 6.07) is 5.66. The zero-order chi connectivity index (χ0) is 20.3. The second-order valence-corrected chi connectivity index (χ2v) is 8.76. The first-order chi connectivity index (χ1) is 12.5. The Hall–Kier alpha value is -1.11. The highest BCUT2D eigenvalue weighted by molar-refractivity contribution is 5.26. The zero-order valence-corrected chi connectivity index (χ0v) is 16.9. The van der Waals surface area contributed by atoms with E-state index in [0.29, 0.717) is 13.0 Å². The molecule has 0 spiro atoms. The summed E-state index contributed by atoms with van der Waals surface area (Å²) < 4.78 is 39.0. The second kappa shape index (κ2) is 8.50. The van der Waals surface area contributed by atoms with Crippen molar-refractivity contribution in [1.82, 2.24) is 9.80 Å². The molecule has 3 nitrogen and oxygen atoms in total. The van der Waals surface area contributed by atoms with Crippen molar-refractivity contribution in [2.45, 2.75) is 63.7 Å². The molecule has 0 bridgehead atoms. The fourth-order valence-corrected chi connectivity index (χ4v) is 4.06. The molecule has 1 heterocycles. The largest absolute Gasteiger partial charge is 0.416 e. The number of benzene rings is 1. The number of aliphatic hydroxyl groups excluding tert-OH is 1. The van der Waals surface area contributed by atoms with Crippen LogP contribution in [0, 0.1) is 0 Å². The minimum absolute atomic E-state index is 0.0436. The van der Waals surface area contributed by atoms with Gasteiger partial charge < -0.3 is 5.11 Å². The lowest BCUT2D eigenvalue weighted by Gasteiger charge is -2.52. The highest BCUT2D eigenvalue weighted by atomic mass is 19.4. The van der Waals surface area contributed by atoms with Gasteiger partial charge in [0, 0.05) is 24.2 Å². The van der Waals surface area contributed by atoms with Gasteiger partial charge in [0.2, 0.25) is 0 Å². The van der Waals surface area contributed by atoms with E-state index in [4.69, 9.17) is 0 Å². The number of likely N-dealkylation sites (tertiary alicyclic amines) is 1. The molecule has 1 aliphatic heterocycles. The van der Waals surface area contributed by atoms with Crippen molar-refractivity contribution >= 4 is 0 Å². The molecule has 6 heteroatoms. The third-order valence-electron chi connectivity index (χ3n) is 5.88. The highest BCUT2D eigenvalue weighted by Gasteiger charge is 2.41. The molecule has 0 saturated carbocycles. The zero-order valence-electron chi connectivity index (χ0n) is 16.9. The Morgan fingerprint density at radius 2 is 1.93 bits per heavy atom. The maximum Gasteiger partial charge on any atom is 0.416 e. The molecular weight excluding hydrogens is 353 g/mol. The van der Waals surface area contributed by atoms with Gasteiger partial charge in [0.25, 0.3) is 0 Å². The Kier molecular flexibility index (Phi) is 6.98. The summed E-state index contributed by atoms with van der Waals surface area (Å²) in [5, 5.41) is 9.44. The summed E-state index contributed by atoms with van der Waals surface area (Å²) in [7, 11) is 2.02. The van der Waals surface area contributed by atoms with Crippen molar-refractivity contribution in [3.8, 4) is 0 Å². The van der Waals surface area contributed by atoms with Crippen LogP contribution in [0.1, 0.15) is 51.2 Å². The lowest BCUT2D eigenvalue weighted by molar-refractivity contribution is -0.137. The van der Waals surface area contributed by atoms with Crippen molar-refractivity contribution in [3.63, 3.8) is 0 Å². The number of halogens is 3. The van der Waals surface area contributed by atoms with E-state index in [1.165, 1.54) is 12.1 Å². The number of piperidine rings is 1. The van der Waals surface area contributed by atoms with Crippen molar-refractivity contribution in [1.29, 1.82) is 0 Å². The van der Waals surface area contributed by atoms with Crippen LogP contribution in [0.5, 0.6) is 0 Å². The number of rotatable bonds is 6. The van der Waals surface area contributed by atoms with E-state index >= 15 is 0 Å². The number of β-amino-alcohol motifs (C(OH)–C–C–N with tert-alkyl or cyclic N) is 1. The molecule has 0 unspecified atom stereocenters. The van der Waals surface area contributed by atoms with Gasteiger partial charge in [-0.25, -0.2) is 0 Å². The first kappa shape index (κ1) is 22.2. The van der Waals surface area contributed by atoms with Gasteiger partial charge in [-0.05, 0) is 71.7 Å². The van der Waals surface area contributed by atoms with Gasteiger partial charge in [0.15, 0.2) is 0 Å². The molecule has 0 amide bonds. The molecule has 27 heavy (non-hydrogen) atoms. The molecule has 0 radical (unpaired) electrons. The van der Waals surface area contributed by atoms with Crippen LogP contribution < -0.4 is 0 Å². The van der Waals surface area contributed by atoms with E-state index in [1.54, 1.807) is 6.07 Å². The van der Waals surface area contributed by atoms with Crippen molar-refractivity contribution in [2.75, 3.05) is 33.3 Å². The summed E-state index contributed by atoms with van der Waals surface area (Å²) in [6.45, 7) is 9.14. The topological polar surface area (TPSA) is 26.7 Å². The van der Waals surface area contributed by atoms with Crippen LogP contribution in [0.4, 0.5) is 13.2 Å². The quantitative estimate of drug-likeness (QED) is 0.794. The van der Waals surface area contributed by atoms with Crippen LogP contribution in [-0.2, 0) is 12.6 Å². The Labute approximate surface area is 161 Å². The first-order valence-electron chi connectivity index (χ1n) is 9.71. The number of hydrogen-bond donors (Lipinski definition) is 1. The number of alkyl halides is 3. The van der Waals surface area contributed by atoms with Gasteiger partial charge in [-0.3, -0.25) is 9.80 Å². The fraction of sp³-hybridized carbons (Fsp3) is 0.714. The van der Waals surface area contributed by atoms with Gasteiger partial charge in [-0.1, -0.05) is 18.2 Å². The van der Waals surface area contributed by atoms with E-state index in [2.05, 4.69) is 30.6 Å². The maximum atomic E-state index is 13.0. The number of nitrogens with zero attached hydrogens (tertiary/aromatic N) is 2. The Balaban J connectivity index is 2.21. The molecule has 1 fully saturated rings. The second-order valence-electron chi connectivity index (χ2n) is 8.76. The van der Waals surface area contributed by atoms with E-state index in [9.17, 15) is 18.3 Å². The van der Waals surface area contributed by atoms with Gasteiger partial charge in [-0.15, -0.1) is 0 Å². The Bertz CT molecular complexity index is 612. The van der Waals surface area contributed by atoms with E-state index in [1.807, 2.05) is 7.05 Å². The molecule has 1 aliphatic rings. The Morgan fingerprint density at radius 3 is 2.52 bits per heavy atom. The third kappa shape index (κ3) is 5.69.